The van der Waals surface area contributed by atoms with Crippen LogP contribution >= 0.6 is 0 Å². The minimum absolute atomic E-state index is 0.119. The lowest BCUT2D eigenvalue weighted by Crippen LogP contribution is -2.51. The molecule has 2 saturated heterocycles. The van der Waals surface area contributed by atoms with Crippen molar-refractivity contribution in [2.75, 3.05) is 51.6 Å². The van der Waals surface area contributed by atoms with Crippen molar-refractivity contribution >= 4 is 10.0 Å². The van der Waals surface area contributed by atoms with Crippen LogP contribution in [0.25, 0.3) is 0 Å². The molecule has 0 radical (unpaired) electrons. The van der Waals surface area contributed by atoms with Crippen molar-refractivity contribution in [1.29, 1.82) is 0 Å². The second-order valence-corrected chi connectivity index (χ2v) is 7.78. The Balaban J connectivity index is 1.82. The summed E-state index contributed by atoms with van der Waals surface area (Å²) >= 11 is 0. The molecular formula is C12H22F3N3O2S. The van der Waals surface area contributed by atoms with E-state index >= 15 is 0 Å². The molecule has 0 unspecified atom stereocenters. The van der Waals surface area contributed by atoms with Crippen LogP contribution in [0.1, 0.15) is 12.8 Å². The quantitative estimate of drug-likeness (QED) is 0.816. The molecule has 0 bridgehead atoms. The predicted octanol–water partition coefficient (Wildman–Crippen LogP) is 0.496. The van der Waals surface area contributed by atoms with Crippen LogP contribution in [0.15, 0.2) is 0 Å². The van der Waals surface area contributed by atoms with Gasteiger partial charge in [0.25, 0.3) is 0 Å². The van der Waals surface area contributed by atoms with Gasteiger partial charge in [-0.3, -0.25) is 4.90 Å². The minimum Gasteiger partial charge on any atom is -0.317 e. The molecule has 5 nitrogen and oxygen atoms in total. The van der Waals surface area contributed by atoms with E-state index < -0.39 is 22.7 Å². The Labute approximate surface area is 123 Å². The molecule has 1 N–H and O–H groups in total. The number of hydrogen-bond acceptors (Lipinski definition) is 4. The third kappa shape index (κ3) is 5.39. The highest BCUT2D eigenvalue weighted by atomic mass is 32.2. The first-order valence-corrected chi connectivity index (χ1v) is 8.85. The van der Waals surface area contributed by atoms with E-state index in [4.69, 9.17) is 0 Å². The average molecular weight is 329 g/mol. The van der Waals surface area contributed by atoms with Crippen molar-refractivity contribution < 1.29 is 21.6 Å². The first-order chi connectivity index (χ1) is 9.76. The summed E-state index contributed by atoms with van der Waals surface area (Å²) in [6.07, 6.45) is -2.54. The number of nitrogens with one attached hydrogen (secondary N) is 1. The van der Waals surface area contributed by atoms with Crippen molar-refractivity contribution in [3.63, 3.8) is 0 Å². The molecule has 0 spiro atoms. The monoisotopic (exact) mass is 329 g/mol. The zero-order valence-corrected chi connectivity index (χ0v) is 12.7. The summed E-state index contributed by atoms with van der Waals surface area (Å²) in [6.45, 7) is 1.30. The Morgan fingerprint density at radius 1 is 1.05 bits per heavy atom. The molecule has 0 amide bonds. The predicted molar refractivity (Wildman–Crippen MR) is 73.4 cm³/mol. The highest BCUT2D eigenvalue weighted by Crippen LogP contribution is 2.20. The van der Waals surface area contributed by atoms with Gasteiger partial charge in [0.2, 0.25) is 10.0 Å². The van der Waals surface area contributed by atoms with Crippen LogP contribution in [-0.4, -0.2) is 75.4 Å². The van der Waals surface area contributed by atoms with Crippen LogP contribution in [0.3, 0.4) is 0 Å². The summed E-state index contributed by atoms with van der Waals surface area (Å²) in [7, 11) is -3.35. The molecular weight excluding hydrogens is 307 g/mol. The maximum absolute atomic E-state index is 12.3. The lowest BCUT2D eigenvalue weighted by atomic mass is 10.0. The van der Waals surface area contributed by atoms with Crippen molar-refractivity contribution in [1.82, 2.24) is 14.5 Å². The summed E-state index contributed by atoms with van der Waals surface area (Å²) in [5.74, 6) is 0.276. The van der Waals surface area contributed by atoms with E-state index in [1.807, 2.05) is 0 Å². The number of alkyl halides is 3. The molecule has 124 valence electrons. The number of sulfonamides is 1. The Morgan fingerprint density at radius 3 is 2.14 bits per heavy atom. The zero-order chi connectivity index (χ0) is 15.5. The van der Waals surface area contributed by atoms with E-state index in [0.717, 1.165) is 25.9 Å². The van der Waals surface area contributed by atoms with Crippen LogP contribution in [0.5, 0.6) is 0 Å². The fraction of sp³-hybridized carbons (Fsp3) is 1.00. The highest BCUT2D eigenvalue weighted by molar-refractivity contribution is 7.89. The van der Waals surface area contributed by atoms with Gasteiger partial charge in [0.1, 0.15) is 0 Å². The number of piperazine rings is 1. The van der Waals surface area contributed by atoms with E-state index in [9.17, 15) is 21.6 Å². The summed E-state index contributed by atoms with van der Waals surface area (Å²) in [5, 5.41) is 3.19. The van der Waals surface area contributed by atoms with Gasteiger partial charge in [0.05, 0.1) is 12.3 Å². The third-order valence-electron chi connectivity index (χ3n) is 4.03. The van der Waals surface area contributed by atoms with Crippen molar-refractivity contribution in [3.05, 3.63) is 0 Å². The highest BCUT2D eigenvalue weighted by Gasteiger charge is 2.35. The van der Waals surface area contributed by atoms with Gasteiger partial charge in [-0.25, -0.2) is 8.42 Å². The van der Waals surface area contributed by atoms with Gasteiger partial charge in [0.15, 0.2) is 0 Å². The number of nitrogens with zero attached hydrogens (tertiary/aromatic N) is 2. The molecule has 0 saturated carbocycles. The largest absolute Gasteiger partial charge is 0.401 e. The number of hydrogen-bond donors (Lipinski definition) is 1. The van der Waals surface area contributed by atoms with Gasteiger partial charge >= 0.3 is 6.18 Å². The number of halogens is 3. The molecule has 0 aromatic rings. The first kappa shape index (κ1) is 17.0. The zero-order valence-electron chi connectivity index (χ0n) is 11.9. The van der Waals surface area contributed by atoms with Gasteiger partial charge in [-0.05, 0) is 31.8 Å². The Morgan fingerprint density at radius 2 is 1.62 bits per heavy atom. The Bertz CT molecular complexity index is 428. The smallest absolute Gasteiger partial charge is 0.317 e. The van der Waals surface area contributed by atoms with E-state index in [0.29, 0.717) is 0 Å². The van der Waals surface area contributed by atoms with E-state index in [1.165, 1.54) is 9.21 Å². The molecule has 0 aromatic heterocycles. The maximum Gasteiger partial charge on any atom is 0.401 e. The molecule has 2 aliphatic rings. The second kappa shape index (κ2) is 6.80. The van der Waals surface area contributed by atoms with Gasteiger partial charge in [0, 0.05) is 26.2 Å². The van der Waals surface area contributed by atoms with Gasteiger partial charge in [-0.15, -0.1) is 0 Å². The Hall–Kier alpha value is -0.380. The molecule has 0 aromatic carbocycles. The summed E-state index contributed by atoms with van der Waals surface area (Å²) < 4.78 is 62.9. The van der Waals surface area contributed by atoms with Crippen molar-refractivity contribution in [3.8, 4) is 0 Å². The second-order valence-electron chi connectivity index (χ2n) is 5.76. The molecule has 2 aliphatic heterocycles. The standard InChI is InChI=1S/C12H22F3N3O2S/c13-12(14,15)10-17-5-7-18(8-6-17)21(19,20)9-11-1-3-16-4-2-11/h11,16H,1-10H2. The molecule has 0 aliphatic carbocycles. The molecule has 9 heteroatoms. The average Bonchev–Trinajstić information content (AvgIpc) is 2.38. The fourth-order valence-electron chi connectivity index (χ4n) is 2.87. The SMILES string of the molecule is O=S(=O)(CC1CCNCC1)N1CCN(CC(F)(F)F)CC1. The third-order valence-corrected chi connectivity index (χ3v) is 6.08. The first-order valence-electron chi connectivity index (χ1n) is 7.24. The van der Waals surface area contributed by atoms with E-state index in [1.54, 1.807) is 0 Å². The normalized spacial score (nSPS) is 24.3. The van der Waals surface area contributed by atoms with Crippen LogP contribution in [-0.2, 0) is 10.0 Å². The van der Waals surface area contributed by atoms with Crippen molar-refractivity contribution in [2.24, 2.45) is 5.92 Å². The van der Waals surface area contributed by atoms with E-state index in [-0.39, 0.29) is 37.8 Å². The van der Waals surface area contributed by atoms with Gasteiger partial charge < -0.3 is 5.32 Å². The fourth-order valence-corrected chi connectivity index (χ4v) is 4.73. The molecule has 21 heavy (non-hydrogen) atoms. The summed E-state index contributed by atoms with van der Waals surface area (Å²) in [5.41, 5.74) is 0. The molecule has 0 atom stereocenters. The van der Waals surface area contributed by atoms with Crippen LogP contribution in [0.4, 0.5) is 13.2 Å². The van der Waals surface area contributed by atoms with E-state index in [2.05, 4.69) is 5.32 Å². The van der Waals surface area contributed by atoms with Crippen molar-refractivity contribution in [2.45, 2.75) is 19.0 Å². The maximum atomic E-state index is 12.3. The number of rotatable bonds is 4. The molecule has 2 heterocycles. The summed E-state index contributed by atoms with van der Waals surface area (Å²) in [6, 6.07) is 0. The van der Waals surface area contributed by atoms with Gasteiger partial charge in [-0.2, -0.15) is 17.5 Å². The topological polar surface area (TPSA) is 52.7 Å². The molecule has 2 rings (SSSR count). The minimum atomic E-state index is -4.23. The van der Waals surface area contributed by atoms with Crippen LogP contribution < -0.4 is 5.32 Å². The number of piperidine rings is 1. The van der Waals surface area contributed by atoms with Gasteiger partial charge in [-0.1, -0.05) is 0 Å². The Kier molecular flexibility index (Phi) is 5.50. The van der Waals surface area contributed by atoms with Crippen LogP contribution in [0, 0.1) is 5.92 Å². The lowest BCUT2D eigenvalue weighted by Gasteiger charge is -2.35. The lowest BCUT2D eigenvalue weighted by molar-refractivity contribution is -0.148. The van der Waals surface area contributed by atoms with Crippen LogP contribution in [0.2, 0.25) is 0 Å². The summed E-state index contributed by atoms with van der Waals surface area (Å²) in [4.78, 5) is 1.26. The molecule has 2 fully saturated rings.